The summed E-state index contributed by atoms with van der Waals surface area (Å²) >= 11 is 12.0. The molecule has 2 aromatic rings. The second kappa shape index (κ2) is 13.8. The molecule has 1 aliphatic heterocycles. The average molecular weight is 597 g/mol. The number of nitrogens with zero attached hydrogens (tertiary/aromatic N) is 2. The first-order valence-electron chi connectivity index (χ1n) is 13.7. The van der Waals surface area contributed by atoms with Crippen molar-refractivity contribution in [3.63, 3.8) is 0 Å². The third kappa shape index (κ3) is 7.75. The number of benzene rings is 2. The van der Waals surface area contributed by atoms with E-state index >= 15 is 0 Å². The normalized spacial score (nSPS) is 23.2. The zero-order valence-corrected chi connectivity index (χ0v) is 25.0. The monoisotopic (exact) mass is 595 g/mol. The molecule has 39 heavy (non-hydrogen) atoms. The highest BCUT2D eigenvalue weighted by atomic mass is 35.5. The highest BCUT2D eigenvalue weighted by molar-refractivity contribution is 7.89. The van der Waals surface area contributed by atoms with E-state index in [4.69, 9.17) is 27.9 Å². The lowest BCUT2D eigenvalue weighted by atomic mass is 9.76. The summed E-state index contributed by atoms with van der Waals surface area (Å²) in [6, 6.07) is 15.1. The van der Waals surface area contributed by atoms with E-state index < -0.39 is 10.0 Å². The summed E-state index contributed by atoms with van der Waals surface area (Å²) < 4.78 is 33.4. The van der Waals surface area contributed by atoms with E-state index in [1.807, 2.05) is 0 Å². The highest BCUT2D eigenvalue weighted by Crippen LogP contribution is 2.39. The first-order valence-corrected chi connectivity index (χ1v) is 15.9. The number of carbonyl (C=O) groups excluding carboxylic acids is 1. The van der Waals surface area contributed by atoms with Gasteiger partial charge in [-0.2, -0.15) is 4.31 Å². The van der Waals surface area contributed by atoms with E-state index in [0.717, 1.165) is 32.1 Å². The molecule has 1 amide bonds. The van der Waals surface area contributed by atoms with Gasteiger partial charge in [0.15, 0.2) is 0 Å². The molecule has 214 valence electrons. The summed E-state index contributed by atoms with van der Waals surface area (Å²) in [5, 5.41) is 3.53. The molecule has 1 saturated heterocycles. The van der Waals surface area contributed by atoms with Crippen LogP contribution >= 0.6 is 23.2 Å². The van der Waals surface area contributed by atoms with Gasteiger partial charge >= 0.3 is 0 Å². The molecule has 2 fully saturated rings. The predicted octanol–water partition coefficient (Wildman–Crippen LogP) is 5.39. The van der Waals surface area contributed by atoms with Crippen molar-refractivity contribution in [1.82, 2.24) is 14.5 Å². The van der Waals surface area contributed by atoms with Crippen LogP contribution in [0.15, 0.2) is 53.4 Å². The van der Waals surface area contributed by atoms with Crippen molar-refractivity contribution in [2.45, 2.75) is 55.5 Å². The predicted molar refractivity (Wildman–Crippen MR) is 156 cm³/mol. The number of sulfonamides is 1. The van der Waals surface area contributed by atoms with E-state index in [9.17, 15) is 13.2 Å². The Morgan fingerprint density at radius 1 is 1.05 bits per heavy atom. The van der Waals surface area contributed by atoms with Crippen molar-refractivity contribution in [3.05, 3.63) is 64.1 Å². The molecule has 2 aliphatic rings. The Hall–Kier alpha value is -1.68. The van der Waals surface area contributed by atoms with Crippen molar-refractivity contribution >= 4 is 39.1 Å². The molecular weight excluding hydrogens is 557 g/mol. The molecule has 4 rings (SSSR count). The fourth-order valence-electron chi connectivity index (χ4n) is 6.01. The summed E-state index contributed by atoms with van der Waals surface area (Å²) in [6.45, 7) is 1.15. The van der Waals surface area contributed by atoms with Crippen LogP contribution in [0.25, 0.3) is 0 Å². The zero-order valence-electron chi connectivity index (χ0n) is 22.7. The van der Waals surface area contributed by atoms with E-state index in [2.05, 4.69) is 54.6 Å². The molecule has 0 radical (unpaired) electrons. The smallest absolute Gasteiger partial charge is 0.246 e. The SMILES string of the molecule is CN(C)C(c1ccccc1)C1CCC(CNC(=O)COCC2CCCN2S(=O)(=O)c2ccc(Cl)c(Cl)c2)CC1. The maximum Gasteiger partial charge on any atom is 0.246 e. The van der Waals surface area contributed by atoms with Crippen LogP contribution in [0.5, 0.6) is 0 Å². The van der Waals surface area contributed by atoms with Crippen LogP contribution in [0.1, 0.15) is 50.1 Å². The van der Waals surface area contributed by atoms with Gasteiger partial charge in [-0.3, -0.25) is 4.79 Å². The van der Waals surface area contributed by atoms with E-state index in [-0.39, 0.29) is 35.1 Å². The lowest BCUT2D eigenvalue weighted by Crippen LogP contribution is -2.39. The Morgan fingerprint density at radius 2 is 1.77 bits per heavy atom. The number of rotatable bonds is 11. The lowest BCUT2D eigenvalue weighted by Gasteiger charge is -2.37. The van der Waals surface area contributed by atoms with Gasteiger partial charge in [0, 0.05) is 25.2 Å². The zero-order chi connectivity index (χ0) is 28.0. The number of hydrogen-bond acceptors (Lipinski definition) is 5. The van der Waals surface area contributed by atoms with Crippen molar-refractivity contribution in [2.24, 2.45) is 11.8 Å². The number of halogens is 2. The summed E-state index contributed by atoms with van der Waals surface area (Å²) in [5.74, 6) is 0.905. The fraction of sp³-hybridized carbons (Fsp3) is 0.552. The Balaban J connectivity index is 1.19. The van der Waals surface area contributed by atoms with Crippen molar-refractivity contribution in [1.29, 1.82) is 0 Å². The Bertz CT molecular complexity index is 1200. The molecule has 7 nitrogen and oxygen atoms in total. The number of nitrogens with one attached hydrogen (secondary N) is 1. The molecule has 10 heteroatoms. The lowest BCUT2D eigenvalue weighted by molar-refractivity contribution is -0.126. The molecule has 2 unspecified atom stereocenters. The maximum atomic E-state index is 13.2. The summed E-state index contributed by atoms with van der Waals surface area (Å²) in [7, 11) is 0.571. The minimum absolute atomic E-state index is 0.0801. The molecule has 1 aliphatic carbocycles. The second-order valence-electron chi connectivity index (χ2n) is 10.9. The molecule has 2 aromatic carbocycles. The standard InChI is InChI=1S/C29H39Cl2N3O4S/c1-33(2)29(22-7-4-3-5-8-22)23-12-10-21(11-13-23)18-32-28(35)20-38-19-24-9-6-16-34(24)39(36,37)25-14-15-26(30)27(31)17-25/h3-5,7-8,14-15,17,21,23-24,29H,6,9-13,16,18-20H2,1-2H3,(H,32,35). The van der Waals surface area contributed by atoms with Crippen LogP contribution in [0, 0.1) is 11.8 Å². The molecular formula is C29H39Cl2N3O4S. The Morgan fingerprint density at radius 3 is 2.44 bits per heavy atom. The van der Waals surface area contributed by atoms with Gasteiger partial charge < -0.3 is 15.0 Å². The van der Waals surface area contributed by atoms with E-state index in [0.29, 0.717) is 42.4 Å². The van der Waals surface area contributed by atoms with Gasteiger partial charge in [0.1, 0.15) is 6.61 Å². The second-order valence-corrected chi connectivity index (χ2v) is 13.6. The topological polar surface area (TPSA) is 79.0 Å². The number of ether oxygens (including phenoxy) is 1. The van der Waals surface area contributed by atoms with Crippen LogP contribution in [-0.2, 0) is 19.6 Å². The van der Waals surface area contributed by atoms with Crippen LogP contribution in [0.2, 0.25) is 10.0 Å². The first kappa shape index (κ1) is 30.3. The summed E-state index contributed by atoms with van der Waals surface area (Å²) in [5.41, 5.74) is 1.36. The largest absolute Gasteiger partial charge is 0.370 e. The Labute approximate surface area is 242 Å². The summed E-state index contributed by atoms with van der Waals surface area (Å²) in [4.78, 5) is 14.9. The first-order chi connectivity index (χ1) is 18.7. The number of amides is 1. The van der Waals surface area contributed by atoms with Gasteiger partial charge in [0.05, 0.1) is 21.5 Å². The number of hydrogen-bond donors (Lipinski definition) is 1. The maximum absolute atomic E-state index is 13.2. The molecule has 1 N–H and O–H groups in total. The van der Waals surface area contributed by atoms with Gasteiger partial charge in [-0.15, -0.1) is 0 Å². The number of carbonyl (C=O) groups is 1. The molecule has 2 atom stereocenters. The molecule has 1 saturated carbocycles. The van der Waals surface area contributed by atoms with Crippen molar-refractivity contribution in [2.75, 3.05) is 40.4 Å². The van der Waals surface area contributed by atoms with Gasteiger partial charge in [-0.05, 0) is 88.2 Å². The highest BCUT2D eigenvalue weighted by Gasteiger charge is 2.36. The average Bonchev–Trinajstić information content (AvgIpc) is 3.40. The van der Waals surface area contributed by atoms with Crippen LogP contribution < -0.4 is 5.32 Å². The van der Waals surface area contributed by atoms with Gasteiger partial charge in [-0.1, -0.05) is 53.5 Å². The minimum Gasteiger partial charge on any atom is -0.370 e. The minimum atomic E-state index is -3.73. The van der Waals surface area contributed by atoms with Crippen molar-refractivity contribution in [3.8, 4) is 0 Å². The van der Waals surface area contributed by atoms with Gasteiger partial charge in [0.25, 0.3) is 0 Å². The molecule has 0 aromatic heterocycles. The quantitative estimate of drug-likeness (QED) is 0.377. The van der Waals surface area contributed by atoms with Gasteiger partial charge in [-0.25, -0.2) is 8.42 Å². The Kier molecular flexibility index (Phi) is 10.7. The molecule has 0 bridgehead atoms. The van der Waals surface area contributed by atoms with Crippen LogP contribution in [0.4, 0.5) is 0 Å². The van der Waals surface area contributed by atoms with E-state index in [1.165, 1.54) is 28.1 Å². The third-order valence-corrected chi connectivity index (χ3v) is 10.7. The van der Waals surface area contributed by atoms with Crippen LogP contribution in [-0.4, -0.2) is 70.0 Å². The van der Waals surface area contributed by atoms with Crippen molar-refractivity contribution < 1.29 is 17.9 Å². The molecule has 1 heterocycles. The van der Waals surface area contributed by atoms with Gasteiger partial charge in [0.2, 0.25) is 15.9 Å². The third-order valence-electron chi connectivity index (χ3n) is 7.99. The van der Waals surface area contributed by atoms with Crippen LogP contribution in [0.3, 0.4) is 0 Å². The molecule has 0 spiro atoms. The van der Waals surface area contributed by atoms with E-state index in [1.54, 1.807) is 0 Å². The fourth-order valence-corrected chi connectivity index (χ4v) is 8.08. The summed E-state index contributed by atoms with van der Waals surface area (Å²) in [6.07, 6.45) is 5.88.